The van der Waals surface area contributed by atoms with Gasteiger partial charge >= 0.3 is 0 Å². The van der Waals surface area contributed by atoms with Gasteiger partial charge < -0.3 is 10.6 Å². The normalized spacial score (nSPS) is 18.9. The number of aryl methyl sites for hydroxylation is 1. The van der Waals surface area contributed by atoms with Gasteiger partial charge in [0.2, 0.25) is 0 Å². The van der Waals surface area contributed by atoms with Gasteiger partial charge in [0.15, 0.2) is 0 Å². The number of aromatic nitrogens is 1. The maximum Gasteiger partial charge on any atom is 0.144 e. The Morgan fingerprint density at radius 1 is 1.59 bits per heavy atom. The quantitative estimate of drug-likeness (QED) is 0.828. The first-order chi connectivity index (χ1) is 8.29. The van der Waals surface area contributed by atoms with E-state index in [0.29, 0.717) is 17.4 Å². The number of rotatable bonds is 4. The van der Waals surface area contributed by atoms with E-state index in [1.807, 2.05) is 19.1 Å². The molecule has 2 rings (SSSR count). The highest BCUT2D eigenvalue weighted by atomic mass is 15.0. The average Bonchev–Trinajstić information content (AvgIpc) is 2.82. The summed E-state index contributed by atoms with van der Waals surface area (Å²) in [5, 5.41) is 15.7. The lowest BCUT2D eigenvalue weighted by Crippen LogP contribution is -2.24. The second-order valence-corrected chi connectivity index (χ2v) is 4.47. The Bertz CT molecular complexity index is 416. The first kappa shape index (κ1) is 11.9. The highest BCUT2D eigenvalue weighted by Gasteiger charge is 2.13. The fraction of sp³-hybridized carbons (Fsp3) is 0.538. The SMILES string of the molecule is Cc1ccc(C#N)c(NCC[C@@H]2CCCN2)n1. The van der Waals surface area contributed by atoms with Crippen LogP contribution in [0.25, 0.3) is 0 Å². The molecular weight excluding hydrogens is 212 g/mol. The zero-order valence-corrected chi connectivity index (χ0v) is 10.2. The van der Waals surface area contributed by atoms with Crippen molar-refractivity contribution in [2.45, 2.75) is 32.2 Å². The molecule has 1 aliphatic rings. The summed E-state index contributed by atoms with van der Waals surface area (Å²) in [4.78, 5) is 4.35. The van der Waals surface area contributed by atoms with E-state index in [-0.39, 0.29) is 0 Å². The molecule has 4 nitrogen and oxygen atoms in total. The summed E-state index contributed by atoms with van der Waals surface area (Å²) >= 11 is 0. The summed E-state index contributed by atoms with van der Waals surface area (Å²) in [6, 6.07) is 6.46. The fourth-order valence-corrected chi connectivity index (χ4v) is 2.15. The van der Waals surface area contributed by atoms with Gasteiger partial charge in [-0.15, -0.1) is 0 Å². The van der Waals surface area contributed by atoms with E-state index in [4.69, 9.17) is 5.26 Å². The van der Waals surface area contributed by atoms with E-state index in [1.165, 1.54) is 12.8 Å². The Kier molecular flexibility index (Phi) is 3.94. The number of nitrogens with one attached hydrogen (secondary N) is 2. The average molecular weight is 230 g/mol. The molecule has 2 N–H and O–H groups in total. The standard InChI is InChI=1S/C13H18N4/c1-10-4-5-11(9-14)13(17-10)16-8-6-12-3-2-7-15-12/h4-5,12,15H,2-3,6-8H2,1H3,(H,16,17)/t12-/m0/s1. The van der Waals surface area contributed by atoms with Crippen LogP contribution in [0.1, 0.15) is 30.5 Å². The number of nitrogens with zero attached hydrogens (tertiary/aromatic N) is 2. The van der Waals surface area contributed by atoms with Gasteiger partial charge in [0.25, 0.3) is 0 Å². The predicted molar refractivity (Wildman–Crippen MR) is 67.8 cm³/mol. The van der Waals surface area contributed by atoms with E-state index in [2.05, 4.69) is 21.7 Å². The lowest BCUT2D eigenvalue weighted by atomic mass is 10.1. The van der Waals surface area contributed by atoms with Gasteiger partial charge in [-0.2, -0.15) is 5.26 Å². The molecule has 0 unspecified atom stereocenters. The molecule has 1 aromatic rings. The Hall–Kier alpha value is -1.60. The van der Waals surface area contributed by atoms with Gasteiger partial charge in [0, 0.05) is 18.3 Å². The van der Waals surface area contributed by atoms with Crippen LogP contribution in [0.15, 0.2) is 12.1 Å². The van der Waals surface area contributed by atoms with Crippen LogP contribution in [0.2, 0.25) is 0 Å². The molecule has 4 heteroatoms. The maximum absolute atomic E-state index is 8.98. The molecule has 1 saturated heterocycles. The summed E-state index contributed by atoms with van der Waals surface area (Å²) in [7, 11) is 0. The van der Waals surface area contributed by atoms with Gasteiger partial charge in [0.05, 0.1) is 5.56 Å². The molecule has 1 atom stereocenters. The Morgan fingerprint density at radius 2 is 2.47 bits per heavy atom. The summed E-state index contributed by atoms with van der Waals surface area (Å²) in [5.74, 6) is 0.713. The molecule has 17 heavy (non-hydrogen) atoms. The van der Waals surface area contributed by atoms with Crippen molar-refractivity contribution in [3.63, 3.8) is 0 Å². The third kappa shape index (κ3) is 3.18. The van der Waals surface area contributed by atoms with E-state index >= 15 is 0 Å². The molecule has 0 saturated carbocycles. The molecule has 90 valence electrons. The zero-order chi connectivity index (χ0) is 12.1. The summed E-state index contributed by atoms with van der Waals surface area (Å²) in [5.41, 5.74) is 1.56. The van der Waals surface area contributed by atoms with Crippen molar-refractivity contribution < 1.29 is 0 Å². The number of hydrogen-bond acceptors (Lipinski definition) is 4. The lowest BCUT2D eigenvalue weighted by molar-refractivity contribution is 0.574. The molecule has 0 amide bonds. The van der Waals surface area contributed by atoms with Gasteiger partial charge in [-0.05, 0) is 44.9 Å². The topological polar surface area (TPSA) is 60.7 Å². The molecule has 1 aromatic heterocycles. The van der Waals surface area contributed by atoms with Crippen molar-refractivity contribution in [1.29, 1.82) is 5.26 Å². The first-order valence-corrected chi connectivity index (χ1v) is 6.14. The minimum absolute atomic E-state index is 0.620. The van der Waals surface area contributed by atoms with Gasteiger partial charge in [-0.3, -0.25) is 0 Å². The Morgan fingerprint density at radius 3 is 3.18 bits per heavy atom. The van der Waals surface area contributed by atoms with Crippen LogP contribution >= 0.6 is 0 Å². The smallest absolute Gasteiger partial charge is 0.144 e. The van der Waals surface area contributed by atoms with Crippen LogP contribution in [0.5, 0.6) is 0 Å². The molecule has 2 heterocycles. The van der Waals surface area contributed by atoms with Crippen LogP contribution < -0.4 is 10.6 Å². The van der Waals surface area contributed by atoms with Crippen LogP contribution in [0, 0.1) is 18.3 Å². The zero-order valence-electron chi connectivity index (χ0n) is 10.2. The van der Waals surface area contributed by atoms with Crippen LogP contribution in [0.4, 0.5) is 5.82 Å². The summed E-state index contributed by atoms with van der Waals surface area (Å²) in [6.07, 6.45) is 3.62. The summed E-state index contributed by atoms with van der Waals surface area (Å²) < 4.78 is 0. The Labute approximate surface area is 102 Å². The predicted octanol–water partition coefficient (Wildman–Crippen LogP) is 1.82. The number of anilines is 1. The first-order valence-electron chi connectivity index (χ1n) is 6.14. The van der Waals surface area contributed by atoms with Gasteiger partial charge in [-0.1, -0.05) is 0 Å². The largest absolute Gasteiger partial charge is 0.369 e. The minimum atomic E-state index is 0.620. The van der Waals surface area contributed by atoms with Gasteiger partial charge in [-0.25, -0.2) is 4.98 Å². The fourth-order valence-electron chi connectivity index (χ4n) is 2.15. The number of hydrogen-bond donors (Lipinski definition) is 2. The van der Waals surface area contributed by atoms with Crippen molar-refractivity contribution >= 4 is 5.82 Å². The molecule has 1 fully saturated rings. The third-order valence-electron chi connectivity index (χ3n) is 3.10. The molecule has 0 bridgehead atoms. The van der Waals surface area contributed by atoms with Crippen LogP contribution in [0.3, 0.4) is 0 Å². The van der Waals surface area contributed by atoms with Crippen LogP contribution in [-0.4, -0.2) is 24.1 Å². The molecule has 0 aromatic carbocycles. The maximum atomic E-state index is 8.98. The third-order valence-corrected chi connectivity index (χ3v) is 3.10. The minimum Gasteiger partial charge on any atom is -0.369 e. The van der Waals surface area contributed by atoms with Crippen molar-refractivity contribution in [2.24, 2.45) is 0 Å². The highest BCUT2D eigenvalue weighted by molar-refractivity contribution is 5.52. The van der Waals surface area contributed by atoms with Gasteiger partial charge in [0.1, 0.15) is 11.9 Å². The van der Waals surface area contributed by atoms with Crippen molar-refractivity contribution in [2.75, 3.05) is 18.4 Å². The van der Waals surface area contributed by atoms with E-state index in [9.17, 15) is 0 Å². The van der Waals surface area contributed by atoms with Crippen molar-refractivity contribution in [3.05, 3.63) is 23.4 Å². The van der Waals surface area contributed by atoms with E-state index in [0.717, 1.165) is 25.2 Å². The molecule has 1 aliphatic heterocycles. The number of nitriles is 1. The highest BCUT2D eigenvalue weighted by Crippen LogP contribution is 2.13. The second kappa shape index (κ2) is 5.65. The van der Waals surface area contributed by atoms with Crippen molar-refractivity contribution in [1.82, 2.24) is 10.3 Å². The molecule has 0 radical (unpaired) electrons. The van der Waals surface area contributed by atoms with E-state index < -0.39 is 0 Å². The lowest BCUT2D eigenvalue weighted by Gasteiger charge is -2.12. The molecule has 0 aliphatic carbocycles. The van der Waals surface area contributed by atoms with E-state index in [1.54, 1.807) is 0 Å². The number of pyridine rings is 1. The monoisotopic (exact) mass is 230 g/mol. The molecular formula is C13H18N4. The molecule has 0 spiro atoms. The Balaban J connectivity index is 1.89. The summed E-state index contributed by atoms with van der Waals surface area (Å²) in [6.45, 7) is 3.93. The second-order valence-electron chi connectivity index (χ2n) is 4.47. The van der Waals surface area contributed by atoms with Crippen LogP contribution in [-0.2, 0) is 0 Å². The van der Waals surface area contributed by atoms with Crippen molar-refractivity contribution in [3.8, 4) is 6.07 Å².